The Morgan fingerprint density at radius 1 is 1.35 bits per heavy atom. The first-order chi connectivity index (χ1) is 12.3. The van der Waals surface area contributed by atoms with Crippen molar-refractivity contribution in [2.75, 3.05) is 18.1 Å². The molecule has 0 unspecified atom stereocenters. The zero-order valence-electron chi connectivity index (χ0n) is 14.7. The predicted octanol–water partition coefficient (Wildman–Crippen LogP) is 2.49. The summed E-state index contributed by atoms with van der Waals surface area (Å²) in [5, 5.41) is 1.88. The number of nitrogens with zero attached hydrogens (tertiary/aromatic N) is 1. The molecular weight excluding hydrogens is 374 g/mol. The molecule has 2 aromatic heterocycles. The summed E-state index contributed by atoms with van der Waals surface area (Å²) in [5.41, 5.74) is 2.05. The molecule has 0 spiro atoms. The van der Waals surface area contributed by atoms with Gasteiger partial charge in [0.25, 0.3) is 0 Å². The van der Waals surface area contributed by atoms with Crippen molar-refractivity contribution in [2.24, 2.45) is 0 Å². The Labute approximate surface area is 156 Å². The minimum atomic E-state index is -3.01. The highest BCUT2D eigenvalue weighted by molar-refractivity contribution is 7.91. The fourth-order valence-corrected chi connectivity index (χ4v) is 5.82. The average Bonchev–Trinajstić information content (AvgIpc) is 3.25. The Bertz CT molecular complexity index is 925. The van der Waals surface area contributed by atoms with E-state index in [4.69, 9.17) is 4.74 Å². The Balaban J connectivity index is 1.66. The molecule has 1 fully saturated rings. The Morgan fingerprint density at radius 3 is 2.73 bits per heavy atom. The molecule has 3 heterocycles. The number of ether oxygens (including phenoxy) is 1. The van der Waals surface area contributed by atoms with Crippen LogP contribution < -0.4 is 0 Å². The summed E-state index contributed by atoms with van der Waals surface area (Å²) in [6.45, 7) is 3.35. The molecule has 3 rings (SSSR count). The number of Topliss-reactive ketones (excluding diaryl/α,β-unsaturated/α-hetero) is 1. The van der Waals surface area contributed by atoms with E-state index in [1.165, 1.54) is 11.3 Å². The van der Waals surface area contributed by atoms with E-state index < -0.39 is 15.8 Å². The van der Waals surface area contributed by atoms with E-state index >= 15 is 0 Å². The molecule has 1 aliphatic heterocycles. The van der Waals surface area contributed by atoms with Gasteiger partial charge >= 0.3 is 5.97 Å². The molecule has 0 bridgehead atoms. The number of hydrogen-bond donors (Lipinski definition) is 0. The second-order valence-electron chi connectivity index (χ2n) is 6.55. The summed E-state index contributed by atoms with van der Waals surface area (Å²) in [6, 6.07) is 5.31. The largest absolute Gasteiger partial charge is 0.457 e. The molecule has 0 amide bonds. The van der Waals surface area contributed by atoms with Gasteiger partial charge < -0.3 is 9.30 Å². The predicted molar refractivity (Wildman–Crippen MR) is 99.5 cm³/mol. The van der Waals surface area contributed by atoms with Gasteiger partial charge in [0.15, 0.2) is 16.4 Å². The fourth-order valence-electron chi connectivity index (χ4n) is 3.43. The van der Waals surface area contributed by atoms with Crippen LogP contribution in [0.25, 0.3) is 0 Å². The summed E-state index contributed by atoms with van der Waals surface area (Å²) in [7, 11) is -3.01. The second-order valence-corrected chi connectivity index (χ2v) is 9.81. The molecule has 0 aromatic carbocycles. The molecule has 0 aliphatic carbocycles. The SMILES string of the molecule is Cc1cc(C(=O)COC(=O)Cc2cccs2)c(C)n1[C@H]1CCS(=O)(=O)C1. The second kappa shape index (κ2) is 7.36. The third-order valence-electron chi connectivity index (χ3n) is 4.62. The van der Waals surface area contributed by atoms with E-state index in [2.05, 4.69) is 0 Å². The van der Waals surface area contributed by atoms with Crippen LogP contribution in [-0.4, -0.2) is 42.9 Å². The van der Waals surface area contributed by atoms with Crippen molar-refractivity contribution in [3.05, 3.63) is 45.4 Å². The van der Waals surface area contributed by atoms with Gasteiger partial charge in [0, 0.05) is 27.9 Å². The van der Waals surface area contributed by atoms with E-state index in [1.807, 2.05) is 29.0 Å². The van der Waals surface area contributed by atoms with Gasteiger partial charge in [-0.2, -0.15) is 0 Å². The molecule has 0 N–H and O–H groups in total. The molecular formula is C18H21NO5S2. The van der Waals surface area contributed by atoms with Crippen LogP contribution in [0, 0.1) is 13.8 Å². The molecule has 2 aromatic rings. The summed E-state index contributed by atoms with van der Waals surface area (Å²) >= 11 is 1.47. The maximum absolute atomic E-state index is 12.5. The maximum atomic E-state index is 12.5. The monoisotopic (exact) mass is 395 g/mol. The quantitative estimate of drug-likeness (QED) is 0.554. The molecule has 6 nitrogen and oxygen atoms in total. The van der Waals surface area contributed by atoms with Gasteiger partial charge in [-0.1, -0.05) is 6.07 Å². The molecule has 0 radical (unpaired) electrons. The number of carbonyl (C=O) groups is 2. The summed E-state index contributed by atoms with van der Waals surface area (Å²) < 4.78 is 30.5. The van der Waals surface area contributed by atoms with Crippen LogP contribution in [0.5, 0.6) is 0 Å². The summed E-state index contributed by atoms with van der Waals surface area (Å²) in [5.74, 6) is -0.424. The Morgan fingerprint density at radius 2 is 2.12 bits per heavy atom. The highest BCUT2D eigenvalue weighted by Gasteiger charge is 2.31. The molecule has 1 atom stereocenters. The van der Waals surface area contributed by atoms with Gasteiger partial charge in [-0.15, -0.1) is 11.3 Å². The van der Waals surface area contributed by atoms with Gasteiger partial charge in [-0.05, 0) is 37.8 Å². The van der Waals surface area contributed by atoms with Gasteiger partial charge in [0.05, 0.1) is 17.9 Å². The molecule has 1 saturated heterocycles. The normalized spacial score (nSPS) is 18.8. The van der Waals surface area contributed by atoms with Crippen molar-refractivity contribution in [1.82, 2.24) is 4.57 Å². The lowest BCUT2D eigenvalue weighted by molar-refractivity contribution is -0.141. The van der Waals surface area contributed by atoms with Crippen LogP contribution in [0.2, 0.25) is 0 Å². The minimum absolute atomic E-state index is 0.104. The summed E-state index contributed by atoms with van der Waals surface area (Å²) in [4.78, 5) is 25.2. The van der Waals surface area contributed by atoms with Crippen molar-refractivity contribution < 1.29 is 22.7 Å². The number of esters is 1. The van der Waals surface area contributed by atoms with Crippen molar-refractivity contribution in [1.29, 1.82) is 0 Å². The molecule has 1 aliphatic rings. The van der Waals surface area contributed by atoms with Crippen LogP contribution in [0.1, 0.15) is 39.1 Å². The van der Waals surface area contributed by atoms with Crippen LogP contribution in [0.4, 0.5) is 0 Å². The van der Waals surface area contributed by atoms with Gasteiger partial charge in [-0.25, -0.2) is 8.42 Å². The van der Waals surface area contributed by atoms with Crippen LogP contribution in [-0.2, 0) is 25.8 Å². The number of rotatable bonds is 6. The standard InChI is InChI=1S/C18H21NO5S2/c1-12-8-16(13(2)19(12)14-5-7-26(22,23)11-14)17(20)10-24-18(21)9-15-4-3-6-25-15/h3-4,6,8,14H,5,7,9-11H2,1-2H3/t14-/m0/s1. The van der Waals surface area contributed by atoms with Gasteiger partial charge in [0.1, 0.15) is 0 Å². The van der Waals surface area contributed by atoms with E-state index in [1.54, 1.807) is 13.0 Å². The highest BCUT2D eigenvalue weighted by Crippen LogP contribution is 2.29. The number of thiophene rings is 1. The lowest BCUT2D eigenvalue weighted by Crippen LogP contribution is -2.17. The minimum Gasteiger partial charge on any atom is -0.457 e. The van der Waals surface area contributed by atoms with Crippen LogP contribution in [0.15, 0.2) is 23.6 Å². The van der Waals surface area contributed by atoms with Gasteiger partial charge in [-0.3, -0.25) is 9.59 Å². The smallest absolute Gasteiger partial charge is 0.311 e. The lowest BCUT2D eigenvalue weighted by Gasteiger charge is -2.16. The fraction of sp³-hybridized carbons (Fsp3) is 0.444. The van der Waals surface area contributed by atoms with Crippen molar-refractivity contribution in [2.45, 2.75) is 32.7 Å². The zero-order valence-corrected chi connectivity index (χ0v) is 16.4. The number of ketones is 1. The number of aryl methyl sites for hydroxylation is 1. The molecule has 26 heavy (non-hydrogen) atoms. The number of hydrogen-bond acceptors (Lipinski definition) is 6. The number of sulfone groups is 1. The molecule has 0 saturated carbocycles. The average molecular weight is 396 g/mol. The maximum Gasteiger partial charge on any atom is 0.311 e. The first kappa shape index (κ1) is 18.8. The van der Waals surface area contributed by atoms with E-state index in [0.717, 1.165) is 16.3 Å². The zero-order chi connectivity index (χ0) is 18.9. The van der Waals surface area contributed by atoms with E-state index in [0.29, 0.717) is 12.0 Å². The molecule has 140 valence electrons. The topological polar surface area (TPSA) is 82.4 Å². The summed E-state index contributed by atoms with van der Waals surface area (Å²) in [6.07, 6.45) is 0.714. The highest BCUT2D eigenvalue weighted by atomic mass is 32.2. The van der Waals surface area contributed by atoms with Crippen molar-refractivity contribution >= 4 is 32.9 Å². The van der Waals surface area contributed by atoms with Crippen LogP contribution in [0.3, 0.4) is 0 Å². The number of aromatic nitrogens is 1. The molecule has 8 heteroatoms. The van der Waals surface area contributed by atoms with E-state index in [9.17, 15) is 18.0 Å². The first-order valence-electron chi connectivity index (χ1n) is 8.37. The Hall–Kier alpha value is -1.93. The van der Waals surface area contributed by atoms with Crippen molar-refractivity contribution in [3.63, 3.8) is 0 Å². The van der Waals surface area contributed by atoms with E-state index in [-0.39, 0.29) is 36.4 Å². The third kappa shape index (κ3) is 4.07. The first-order valence-corrected chi connectivity index (χ1v) is 11.1. The van der Waals surface area contributed by atoms with Gasteiger partial charge in [0.2, 0.25) is 5.78 Å². The lowest BCUT2D eigenvalue weighted by atomic mass is 10.1. The Kier molecular flexibility index (Phi) is 5.34. The van der Waals surface area contributed by atoms with Crippen molar-refractivity contribution in [3.8, 4) is 0 Å². The third-order valence-corrected chi connectivity index (χ3v) is 7.25. The van der Waals surface area contributed by atoms with Crippen LogP contribution >= 0.6 is 11.3 Å². The number of carbonyl (C=O) groups excluding carboxylic acids is 2.